The number of nitrogens with zero attached hydrogens (tertiary/aromatic N) is 3. The van der Waals surface area contributed by atoms with Gasteiger partial charge in [-0.3, -0.25) is 15.6 Å². The highest BCUT2D eigenvalue weighted by Crippen LogP contribution is 2.32. The third kappa shape index (κ3) is 5.76. The summed E-state index contributed by atoms with van der Waals surface area (Å²) in [7, 11) is 0. The predicted octanol–water partition coefficient (Wildman–Crippen LogP) is 3.79. The Morgan fingerprint density at radius 2 is 1.97 bits per heavy atom. The number of amides is 2. The Morgan fingerprint density at radius 3 is 2.56 bits per heavy atom. The first-order valence-electron chi connectivity index (χ1n) is 10.2. The Bertz CT molecular complexity index is 873. The highest BCUT2D eigenvalue weighted by atomic mass is 35.5. The molecule has 1 aromatic rings. The van der Waals surface area contributed by atoms with E-state index >= 15 is 0 Å². The molecule has 1 atom stereocenters. The van der Waals surface area contributed by atoms with E-state index in [1.165, 1.54) is 0 Å². The van der Waals surface area contributed by atoms with E-state index in [0.717, 1.165) is 6.07 Å². The molecule has 2 N–H and O–H groups in total. The fourth-order valence-corrected chi connectivity index (χ4v) is 3.88. The van der Waals surface area contributed by atoms with E-state index in [1.54, 1.807) is 18.7 Å². The second kappa shape index (κ2) is 9.85. The van der Waals surface area contributed by atoms with Crippen LogP contribution >= 0.6 is 11.6 Å². The zero-order valence-electron chi connectivity index (χ0n) is 17.7. The summed E-state index contributed by atoms with van der Waals surface area (Å²) in [5.74, 6) is -0.447. The maximum atomic E-state index is 12.7. The van der Waals surface area contributed by atoms with Crippen LogP contribution < -0.4 is 10.9 Å². The summed E-state index contributed by atoms with van der Waals surface area (Å²) in [6.45, 7) is 4.64. The van der Waals surface area contributed by atoms with Gasteiger partial charge in [0.25, 0.3) is 5.91 Å². The van der Waals surface area contributed by atoms with Crippen molar-refractivity contribution < 1.29 is 27.5 Å². The summed E-state index contributed by atoms with van der Waals surface area (Å²) in [6.07, 6.45) is 1.15. The van der Waals surface area contributed by atoms with E-state index in [2.05, 4.69) is 15.8 Å². The molecule has 0 saturated carbocycles. The van der Waals surface area contributed by atoms with Crippen molar-refractivity contribution >= 4 is 29.4 Å². The number of carbonyl (C=O) groups is 2. The zero-order valence-corrected chi connectivity index (χ0v) is 18.4. The van der Waals surface area contributed by atoms with Crippen molar-refractivity contribution in [2.75, 3.05) is 18.5 Å². The molecule has 1 saturated heterocycles. The van der Waals surface area contributed by atoms with Gasteiger partial charge < -0.3 is 14.5 Å². The average molecular weight is 476 g/mol. The molecule has 0 radical (unpaired) electrons. The number of carbonyl (C=O) groups excluding carboxylic acids is 2. The van der Waals surface area contributed by atoms with Gasteiger partial charge >= 0.3 is 12.3 Å². The minimum atomic E-state index is -4.56. The Kier molecular flexibility index (Phi) is 7.37. The van der Waals surface area contributed by atoms with Gasteiger partial charge in [-0.05, 0) is 45.4 Å². The first-order chi connectivity index (χ1) is 15.1. The van der Waals surface area contributed by atoms with Crippen LogP contribution in [0.25, 0.3) is 0 Å². The summed E-state index contributed by atoms with van der Waals surface area (Å²) in [6, 6.07) is 0.320. The third-order valence-corrected chi connectivity index (χ3v) is 5.54. The number of hydrogen-bond donors (Lipinski definition) is 2. The molecule has 2 amide bonds. The summed E-state index contributed by atoms with van der Waals surface area (Å²) in [5.41, 5.74) is 3.99. The lowest BCUT2D eigenvalue weighted by molar-refractivity contribution is -0.137. The van der Waals surface area contributed by atoms with Crippen molar-refractivity contribution in [3.05, 3.63) is 35.1 Å². The lowest BCUT2D eigenvalue weighted by Crippen LogP contribution is -2.52. The van der Waals surface area contributed by atoms with Gasteiger partial charge in [0.15, 0.2) is 5.82 Å². The molecule has 1 fully saturated rings. The van der Waals surface area contributed by atoms with Crippen molar-refractivity contribution in [3.63, 3.8) is 0 Å². The lowest BCUT2D eigenvalue weighted by atomic mass is 10.0. The van der Waals surface area contributed by atoms with Crippen LogP contribution in [0.4, 0.5) is 23.8 Å². The van der Waals surface area contributed by atoms with Crippen molar-refractivity contribution in [2.24, 2.45) is 0 Å². The van der Waals surface area contributed by atoms with Gasteiger partial charge in [-0.25, -0.2) is 9.78 Å². The van der Waals surface area contributed by atoms with Crippen LogP contribution in [0.5, 0.6) is 0 Å². The number of hydrogen-bond acceptors (Lipinski definition) is 6. The molecule has 2 aliphatic rings. The number of ether oxygens (including phenoxy) is 1. The van der Waals surface area contributed by atoms with Gasteiger partial charge in [0.05, 0.1) is 16.7 Å². The van der Waals surface area contributed by atoms with Gasteiger partial charge in [-0.2, -0.15) is 13.2 Å². The number of halogens is 4. The second-order valence-electron chi connectivity index (χ2n) is 7.90. The minimum Gasteiger partial charge on any atom is -0.447 e. The molecule has 1 unspecified atom stereocenters. The molecule has 0 aliphatic carbocycles. The maximum absolute atomic E-state index is 12.7. The maximum Gasteiger partial charge on any atom is 0.417 e. The standard InChI is InChI=1S/C20H25ClF3N5O3/c1-12(2)32-19(31)28-8-5-14(6-9-28)29-7-3-4-16(29)18(30)27-26-17-15(21)10-13(11-25-17)20(22,23)24/h3,7,10-12,14,16H,4-6,8-9H2,1-2H3,(H,25,26)(H,27,30). The van der Waals surface area contributed by atoms with E-state index in [9.17, 15) is 22.8 Å². The lowest BCUT2D eigenvalue weighted by Gasteiger charge is -2.39. The summed E-state index contributed by atoms with van der Waals surface area (Å²) < 4.78 is 43.4. The Hall–Kier alpha value is -2.69. The molecule has 1 aromatic heterocycles. The summed E-state index contributed by atoms with van der Waals surface area (Å²) in [4.78, 5) is 32.0. The number of likely N-dealkylation sites (tertiary alicyclic amines) is 1. The van der Waals surface area contributed by atoms with Crippen LogP contribution in [0, 0.1) is 0 Å². The molecule has 2 aliphatic heterocycles. The second-order valence-corrected chi connectivity index (χ2v) is 8.31. The van der Waals surface area contributed by atoms with Gasteiger partial charge in [0.2, 0.25) is 0 Å². The van der Waals surface area contributed by atoms with E-state index in [-0.39, 0.29) is 35.0 Å². The Balaban J connectivity index is 1.54. The smallest absolute Gasteiger partial charge is 0.417 e. The average Bonchev–Trinajstić information content (AvgIpc) is 3.21. The fraction of sp³-hybridized carbons (Fsp3) is 0.550. The minimum absolute atomic E-state index is 0.0698. The van der Waals surface area contributed by atoms with Crippen LogP contribution in [0.2, 0.25) is 5.02 Å². The number of nitrogens with one attached hydrogen (secondary N) is 2. The number of aromatic nitrogens is 1. The molecule has 0 spiro atoms. The molecule has 8 nitrogen and oxygen atoms in total. The van der Waals surface area contributed by atoms with Crippen molar-refractivity contribution in [3.8, 4) is 0 Å². The number of alkyl halides is 3. The Labute approximate surface area is 188 Å². The summed E-state index contributed by atoms with van der Waals surface area (Å²) in [5, 5.41) is -0.262. The largest absolute Gasteiger partial charge is 0.447 e. The zero-order chi connectivity index (χ0) is 23.5. The van der Waals surface area contributed by atoms with E-state index in [1.807, 2.05) is 17.2 Å². The number of piperidine rings is 1. The molecular weight excluding hydrogens is 451 g/mol. The van der Waals surface area contributed by atoms with Gasteiger partial charge in [0.1, 0.15) is 6.04 Å². The quantitative estimate of drug-likeness (QED) is 0.630. The first kappa shape index (κ1) is 24.0. The van der Waals surface area contributed by atoms with Crippen LogP contribution in [0.3, 0.4) is 0 Å². The number of pyridine rings is 1. The van der Waals surface area contributed by atoms with Crippen LogP contribution in [0.15, 0.2) is 24.5 Å². The van der Waals surface area contributed by atoms with Gasteiger partial charge in [-0.15, -0.1) is 0 Å². The highest BCUT2D eigenvalue weighted by molar-refractivity contribution is 6.33. The van der Waals surface area contributed by atoms with Gasteiger partial charge in [0, 0.05) is 25.3 Å². The number of anilines is 1. The third-order valence-electron chi connectivity index (χ3n) is 5.25. The molecule has 3 rings (SSSR count). The normalized spacial score (nSPS) is 19.4. The first-order valence-corrected chi connectivity index (χ1v) is 10.6. The molecule has 32 heavy (non-hydrogen) atoms. The highest BCUT2D eigenvalue weighted by Gasteiger charge is 2.35. The van der Waals surface area contributed by atoms with Crippen LogP contribution in [0.1, 0.15) is 38.7 Å². The van der Waals surface area contributed by atoms with Crippen LogP contribution in [-0.2, 0) is 15.7 Å². The molecule has 3 heterocycles. The number of rotatable bonds is 5. The van der Waals surface area contributed by atoms with Crippen molar-refractivity contribution in [1.82, 2.24) is 20.2 Å². The van der Waals surface area contributed by atoms with Crippen molar-refractivity contribution in [2.45, 2.75) is 57.5 Å². The molecule has 12 heteroatoms. The molecule has 176 valence electrons. The van der Waals surface area contributed by atoms with Gasteiger partial charge in [-0.1, -0.05) is 17.7 Å². The van der Waals surface area contributed by atoms with E-state index in [4.69, 9.17) is 16.3 Å². The molecule has 0 bridgehead atoms. The topological polar surface area (TPSA) is 86.8 Å². The monoisotopic (exact) mass is 475 g/mol. The van der Waals surface area contributed by atoms with Crippen LogP contribution in [-0.4, -0.2) is 58.1 Å². The number of hydrazine groups is 1. The summed E-state index contributed by atoms with van der Waals surface area (Å²) >= 11 is 5.86. The predicted molar refractivity (Wildman–Crippen MR) is 112 cm³/mol. The molecular formula is C20H25ClF3N5O3. The van der Waals surface area contributed by atoms with E-state index < -0.39 is 17.8 Å². The fourth-order valence-electron chi connectivity index (χ4n) is 3.67. The van der Waals surface area contributed by atoms with E-state index in [0.29, 0.717) is 38.5 Å². The van der Waals surface area contributed by atoms with Crippen molar-refractivity contribution in [1.29, 1.82) is 0 Å². The molecule has 0 aromatic carbocycles. The SMILES string of the molecule is CC(C)OC(=O)N1CCC(N2C=CCC2C(=O)NNc2ncc(C(F)(F)F)cc2Cl)CC1. The Morgan fingerprint density at radius 1 is 1.28 bits per heavy atom.